The van der Waals surface area contributed by atoms with E-state index in [9.17, 15) is 4.79 Å². The second kappa shape index (κ2) is 7.21. The van der Waals surface area contributed by atoms with Crippen LogP contribution in [0, 0.1) is 6.92 Å². The van der Waals surface area contributed by atoms with E-state index < -0.39 is 0 Å². The van der Waals surface area contributed by atoms with Gasteiger partial charge in [0.25, 0.3) is 0 Å². The van der Waals surface area contributed by atoms with Crippen molar-refractivity contribution in [2.75, 3.05) is 5.32 Å². The van der Waals surface area contributed by atoms with Gasteiger partial charge in [0.15, 0.2) is 0 Å². The summed E-state index contributed by atoms with van der Waals surface area (Å²) in [4.78, 5) is 13.2. The molecular weight excluding hydrogens is 325 g/mol. The van der Waals surface area contributed by atoms with Gasteiger partial charge in [-0.2, -0.15) is 0 Å². The number of hydrogen-bond acceptors (Lipinski definition) is 2. The van der Waals surface area contributed by atoms with E-state index in [-0.39, 0.29) is 11.2 Å². The van der Waals surface area contributed by atoms with Crippen molar-refractivity contribution in [2.45, 2.75) is 24.0 Å². The third kappa shape index (κ3) is 4.67. The molecule has 0 fully saturated rings. The molecule has 2 aromatic carbocycles. The van der Waals surface area contributed by atoms with Gasteiger partial charge in [-0.05, 0) is 61.9 Å². The third-order valence-electron chi connectivity index (χ3n) is 2.94. The number of anilines is 1. The predicted octanol–water partition coefficient (Wildman–Crippen LogP) is 5.42. The number of rotatable bonds is 4. The zero-order valence-corrected chi connectivity index (χ0v) is 14.0. The van der Waals surface area contributed by atoms with Crippen molar-refractivity contribution < 1.29 is 4.79 Å². The number of halogens is 2. The van der Waals surface area contributed by atoms with E-state index in [2.05, 4.69) is 5.32 Å². The van der Waals surface area contributed by atoms with Gasteiger partial charge >= 0.3 is 0 Å². The van der Waals surface area contributed by atoms with Gasteiger partial charge in [0.2, 0.25) is 5.91 Å². The van der Waals surface area contributed by atoms with E-state index in [0.717, 1.165) is 16.1 Å². The van der Waals surface area contributed by atoms with Gasteiger partial charge in [-0.15, -0.1) is 11.8 Å². The summed E-state index contributed by atoms with van der Waals surface area (Å²) in [5.74, 6) is -0.0413. The zero-order chi connectivity index (χ0) is 15.4. The summed E-state index contributed by atoms with van der Waals surface area (Å²) in [6.45, 7) is 3.79. The SMILES string of the molecule is Cc1cc(Cl)ccc1NC(=O)[C@@H](C)Sc1ccc(Cl)cc1. The molecule has 0 spiro atoms. The van der Waals surface area contributed by atoms with Crippen molar-refractivity contribution >= 4 is 46.6 Å². The molecule has 1 amide bonds. The molecule has 0 bridgehead atoms. The minimum Gasteiger partial charge on any atom is -0.325 e. The number of nitrogens with one attached hydrogen (secondary N) is 1. The maximum Gasteiger partial charge on any atom is 0.237 e. The first-order valence-electron chi connectivity index (χ1n) is 6.45. The largest absolute Gasteiger partial charge is 0.325 e. The van der Waals surface area contributed by atoms with Crippen molar-refractivity contribution in [3.05, 3.63) is 58.1 Å². The topological polar surface area (TPSA) is 29.1 Å². The number of thioether (sulfide) groups is 1. The molecule has 0 heterocycles. The number of hydrogen-bond donors (Lipinski definition) is 1. The van der Waals surface area contributed by atoms with Crippen LogP contribution in [0.15, 0.2) is 47.4 Å². The quantitative estimate of drug-likeness (QED) is 0.753. The van der Waals surface area contributed by atoms with E-state index in [0.29, 0.717) is 10.0 Å². The lowest BCUT2D eigenvalue weighted by atomic mass is 10.2. The Morgan fingerprint density at radius 2 is 1.71 bits per heavy atom. The standard InChI is InChI=1S/C16H15Cl2NOS/c1-10-9-13(18)5-8-15(10)19-16(20)11(2)21-14-6-3-12(17)4-7-14/h3-9,11H,1-2H3,(H,19,20)/t11-/m1/s1. The van der Waals surface area contributed by atoms with Gasteiger partial charge in [-0.1, -0.05) is 23.2 Å². The van der Waals surface area contributed by atoms with Crippen LogP contribution in [0.5, 0.6) is 0 Å². The summed E-state index contributed by atoms with van der Waals surface area (Å²) in [5, 5.41) is 4.07. The fourth-order valence-electron chi connectivity index (χ4n) is 1.77. The molecule has 21 heavy (non-hydrogen) atoms. The lowest BCUT2D eigenvalue weighted by Crippen LogP contribution is -2.22. The highest BCUT2D eigenvalue weighted by Gasteiger charge is 2.15. The van der Waals surface area contributed by atoms with E-state index in [1.165, 1.54) is 11.8 Å². The number of benzene rings is 2. The molecule has 0 saturated carbocycles. The van der Waals surface area contributed by atoms with Gasteiger partial charge in [0.05, 0.1) is 5.25 Å². The molecule has 0 radical (unpaired) electrons. The molecule has 1 atom stereocenters. The van der Waals surface area contributed by atoms with E-state index in [4.69, 9.17) is 23.2 Å². The maximum atomic E-state index is 12.2. The highest BCUT2D eigenvalue weighted by atomic mass is 35.5. The second-order valence-electron chi connectivity index (χ2n) is 4.66. The molecule has 0 unspecified atom stereocenters. The Labute approximate surface area is 138 Å². The Morgan fingerprint density at radius 1 is 1.10 bits per heavy atom. The van der Waals surface area contributed by atoms with Gasteiger partial charge in [0.1, 0.15) is 0 Å². The third-order valence-corrected chi connectivity index (χ3v) is 4.54. The van der Waals surface area contributed by atoms with Crippen LogP contribution >= 0.6 is 35.0 Å². The Kier molecular flexibility index (Phi) is 5.57. The molecule has 1 N–H and O–H groups in total. The maximum absolute atomic E-state index is 12.2. The molecular formula is C16H15Cl2NOS. The molecule has 2 aromatic rings. The number of carbonyl (C=O) groups excluding carboxylic acids is 1. The summed E-state index contributed by atoms with van der Waals surface area (Å²) in [6.07, 6.45) is 0. The van der Waals surface area contributed by atoms with Crippen LogP contribution < -0.4 is 5.32 Å². The average Bonchev–Trinajstić information content (AvgIpc) is 2.44. The van der Waals surface area contributed by atoms with Crippen LogP contribution in [-0.2, 0) is 4.79 Å². The fraction of sp³-hybridized carbons (Fsp3) is 0.188. The lowest BCUT2D eigenvalue weighted by molar-refractivity contribution is -0.115. The fourth-order valence-corrected chi connectivity index (χ4v) is 2.99. The van der Waals surface area contributed by atoms with Crippen LogP contribution in [-0.4, -0.2) is 11.2 Å². The highest BCUT2D eigenvalue weighted by molar-refractivity contribution is 8.00. The molecule has 0 aliphatic carbocycles. The van der Waals surface area contributed by atoms with Gasteiger partial charge in [0, 0.05) is 20.6 Å². The minimum atomic E-state index is -0.207. The first-order chi connectivity index (χ1) is 9.95. The van der Waals surface area contributed by atoms with Crippen molar-refractivity contribution in [3.63, 3.8) is 0 Å². The summed E-state index contributed by atoms with van der Waals surface area (Å²) in [7, 11) is 0. The Bertz CT molecular complexity index is 643. The minimum absolute atomic E-state index is 0.0413. The monoisotopic (exact) mass is 339 g/mol. The highest BCUT2D eigenvalue weighted by Crippen LogP contribution is 2.26. The summed E-state index contributed by atoms with van der Waals surface area (Å²) < 4.78 is 0. The van der Waals surface area contributed by atoms with Crippen molar-refractivity contribution in [1.82, 2.24) is 0 Å². The first kappa shape index (κ1) is 16.2. The normalized spacial score (nSPS) is 12.0. The number of carbonyl (C=O) groups is 1. The molecule has 0 aliphatic rings. The van der Waals surface area contributed by atoms with Crippen molar-refractivity contribution in [1.29, 1.82) is 0 Å². The molecule has 2 rings (SSSR count). The molecule has 5 heteroatoms. The first-order valence-corrected chi connectivity index (χ1v) is 8.08. The average molecular weight is 340 g/mol. The molecule has 110 valence electrons. The predicted molar refractivity (Wildman–Crippen MR) is 91.6 cm³/mol. The van der Waals surface area contributed by atoms with Crippen LogP contribution in [0.4, 0.5) is 5.69 Å². The van der Waals surface area contributed by atoms with E-state index in [1.807, 2.05) is 50.2 Å². The molecule has 0 saturated heterocycles. The Morgan fingerprint density at radius 3 is 2.33 bits per heavy atom. The number of amides is 1. The Hall–Kier alpha value is -1.16. The summed E-state index contributed by atoms with van der Waals surface area (Å²) >= 11 is 13.2. The molecule has 2 nitrogen and oxygen atoms in total. The van der Waals surface area contributed by atoms with E-state index >= 15 is 0 Å². The smallest absolute Gasteiger partial charge is 0.237 e. The van der Waals surface area contributed by atoms with Crippen LogP contribution in [0.3, 0.4) is 0 Å². The summed E-state index contributed by atoms with van der Waals surface area (Å²) in [5.41, 5.74) is 1.73. The second-order valence-corrected chi connectivity index (χ2v) is 6.95. The van der Waals surface area contributed by atoms with Gasteiger partial charge in [-0.25, -0.2) is 0 Å². The summed E-state index contributed by atoms with van der Waals surface area (Å²) in [6, 6.07) is 12.9. The van der Waals surface area contributed by atoms with Crippen LogP contribution in [0.2, 0.25) is 10.0 Å². The van der Waals surface area contributed by atoms with Crippen LogP contribution in [0.1, 0.15) is 12.5 Å². The number of aryl methyl sites for hydroxylation is 1. The lowest BCUT2D eigenvalue weighted by Gasteiger charge is -2.13. The Balaban J connectivity index is 2.00. The molecule has 0 aliphatic heterocycles. The zero-order valence-electron chi connectivity index (χ0n) is 11.7. The van der Waals surface area contributed by atoms with Crippen LogP contribution in [0.25, 0.3) is 0 Å². The van der Waals surface area contributed by atoms with Gasteiger partial charge < -0.3 is 5.32 Å². The molecule has 0 aromatic heterocycles. The van der Waals surface area contributed by atoms with Gasteiger partial charge in [-0.3, -0.25) is 4.79 Å². The van der Waals surface area contributed by atoms with Crippen molar-refractivity contribution in [3.8, 4) is 0 Å². The van der Waals surface area contributed by atoms with E-state index in [1.54, 1.807) is 6.07 Å². The van der Waals surface area contributed by atoms with Crippen molar-refractivity contribution in [2.24, 2.45) is 0 Å².